The van der Waals surface area contributed by atoms with Crippen molar-refractivity contribution in [3.63, 3.8) is 0 Å². The van der Waals surface area contributed by atoms with Crippen LogP contribution in [0.1, 0.15) is 16.7 Å². The van der Waals surface area contributed by atoms with Gasteiger partial charge in [0.1, 0.15) is 6.04 Å². The molecular weight excluding hydrogens is 419 g/mol. The van der Waals surface area contributed by atoms with Gasteiger partial charge in [-0.3, -0.25) is 4.79 Å². The van der Waals surface area contributed by atoms with E-state index in [2.05, 4.69) is 5.32 Å². The fraction of sp³-hybridized carbons (Fsp3) is 0.200. The van der Waals surface area contributed by atoms with Crippen molar-refractivity contribution in [3.05, 3.63) is 95.6 Å². The molecule has 0 aliphatic carbocycles. The third-order valence-corrected chi connectivity index (χ3v) is 4.94. The topological polar surface area (TPSA) is 55.4 Å². The van der Waals surface area contributed by atoms with Crippen LogP contribution in [0.3, 0.4) is 0 Å². The van der Waals surface area contributed by atoms with E-state index < -0.39 is 29.7 Å². The summed E-state index contributed by atoms with van der Waals surface area (Å²) in [6, 6.07) is 20.9. The summed E-state index contributed by atoms with van der Waals surface area (Å²) in [7, 11) is 1.22. The zero-order valence-corrected chi connectivity index (χ0v) is 17.4. The van der Waals surface area contributed by atoms with Gasteiger partial charge in [0.05, 0.1) is 19.1 Å². The number of hydrogen-bond acceptors (Lipinski definition) is 3. The van der Waals surface area contributed by atoms with E-state index in [0.29, 0.717) is 0 Å². The summed E-state index contributed by atoms with van der Waals surface area (Å²) in [6.45, 7) is 0. The summed E-state index contributed by atoms with van der Waals surface area (Å²) in [4.78, 5) is 24.6. The highest BCUT2D eigenvalue weighted by Crippen LogP contribution is 2.29. The molecule has 0 spiro atoms. The maximum absolute atomic E-state index is 12.9. The van der Waals surface area contributed by atoms with E-state index in [1.807, 2.05) is 54.6 Å². The highest BCUT2D eigenvalue weighted by atomic mass is 19.4. The summed E-state index contributed by atoms with van der Waals surface area (Å²) in [5.41, 5.74) is 2.24. The summed E-state index contributed by atoms with van der Waals surface area (Å²) >= 11 is 0. The molecule has 7 heteroatoms. The molecule has 3 aromatic rings. The maximum Gasteiger partial charge on any atom is 0.416 e. The van der Waals surface area contributed by atoms with Crippen molar-refractivity contribution in [2.45, 2.75) is 25.1 Å². The summed E-state index contributed by atoms with van der Waals surface area (Å²) in [6.07, 6.45) is -4.59. The molecule has 0 unspecified atom stereocenters. The van der Waals surface area contributed by atoms with E-state index in [1.54, 1.807) is 0 Å². The lowest BCUT2D eigenvalue weighted by Crippen LogP contribution is -2.43. The lowest BCUT2D eigenvalue weighted by molar-refractivity contribution is -0.145. The van der Waals surface area contributed by atoms with E-state index in [9.17, 15) is 22.8 Å². The standard InChI is InChI=1S/C25H22F3NO3/c1-32-24(31)22(15-17-10-12-20(13-11-17)19-7-3-2-4-8-19)29-23(30)16-18-6-5-9-21(14-18)25(26,27)28/h2-14,22H,15-16H2,1H3,(H,29,30)/t22-/m0/s1. The number of amides is 1. The van der Waals surface area contributed by atoms with Crippen molar-refractivity contribution < 1.29 is 27.5 Å². The molecule has 166 valence electrons. The second-order valence-corrected chi connectivity index (χ2v) is 7.29. The van der Waals surface area contributed by atoms with Crippen LogP contribution >= 0.6 is 0 Å². The predicted molar refractivity (Wildman–Crippen MR) is 115 cm³/mol. The number of ether oxygens (including phenoxy) is 1. The van der Waals surface area contributed by atoms with Gasteiger partial charge in [-0.1, -0.05) is 72.8 Å². The molecular formula is C25H22F3NO3. The lowest BCUT2D eigenvalue weighted by atomic mass is 10.0. The third kappa shape index (κ3) is 6.20. The Hall–Kier alpha value is -3.61. The van der Waals surface area contributed by atoms with E-state index in [-0.39, 0.29) is 18.4 Å². The molecule has 0 saturated carbocycles. The maximum atomic E-state index is 12.9. The number of benzene rings is 3. The Morgan fingerprint density at radius 3 is 2.16 bits per heavy atom. The van der Waals surface area contributed by atoms with Gasteiger partial charge in [-0.15, -0.1) is 0 Å². The molecule has 32 heavy (non-hydrogen) atoms. The molecule has 0 heterocycles. The average molecular weight is 441 g/mol. The van der Waals surface area contributed by atoms with Gasteiger partial charge < -0.3 is 10.1 Å². The van der Waals surface area contributed by atoms with Crippen LogP contribution in [0, 0.1) is 0 Å². The van der Waals surface area contributed by atoms with Gasteiger partial charge in [0.25, 0.3) is 0 Å². The minimum atomic E-state index is -4.49. The summed E-state index contributed by atoms with van der Waals surface area (Å²) in [5, 5.41) is 2.57. The highest BCUT2D eigenvalue weighted by molar-refractivity contribution is 5.85. The van der Waals surface area contributed by atoms with Crippen molar-refractivity contribution in [3.8, 4) is 11.1 Å². The first-order valence-electron chi connectivity index (χ1n) is 9.94. The number of hydrogen-bond donors (Lipinski definition) is 1. The number of methoxy groups -OCH3 is 1. The van der Waals surface area contributed by atoms with E-state index >= 15 is 0 Å². The Kier molecular flexibility index (Phi) is 7.30. The average Bonchev–Trinajstić information content (AvgIpc) is 2.79. The Morgan fingerprint density at radius 2 is 1.53 bits per heavy atom. The Balaban J connectivity index is 1.68. The smallest absolute Gasteiger partial charge is 0.416 e. The van der Waals surface area contributed by atoms with E-state index in [1.165, 1.54) is 19.2 Å². The molecule has 1 atom stereocenters. The normalized spacial score (nSPS) is 12.1. The van der Waals surface area contributed by atoms with Gasteiger partial charge in [0, 0.05) is 6.42 Å². The highest BCUT2D eigenvalue weighted by Gasteiger charge is 2.30. The Bertz CT molecular complexity index is 1060. The van der Waals surface area contributed by atoms with Gasteiger partial charge in [-0.05, 0) is 28.3 Å². The quantitative estimate of drug-likeness (QED) is 0.535. The first kappa shape index (κ1) is 23.1. The van der Waals surface area contributed by atoms with Crippen LogP contribution in [-0.4, -0.2) is 25.0 Å². The van der Waals surface area contributed by atoms with E-state index in [0.717, 1.165) is 28.8 Å². The molecule has 0 bridgehead atoms. The number of carbonyl (C=O) groups excluding carboxylic acids is 2. The van der Waals surface area contributed by atoms with Crippen molar-refractivity contribution in [1.82, 2.24) is 5.32 Å². The fourth-order valence-electron chi connectivity index (χ4n) is 3.32. The van der Waals surface area contributed by atoms with Crippen LogP contribution < -0.4 is 5.32 Å². The largest absolute Gasteiger partial charge is 0.467 e. The summed E-state index contributed by atoms with van der Waals surface area (Å²) < 4.78 is 43.4. The molecule has 1 N–H and O–H groups in total. The molecule has 0 fully saturated rings. The van der Waals surface area contributed by atoms with Gasteiger partial charge in [-0.2, -0.15) is 13.2 Å². The number of esters is 1. The number of rotatable bonds is 7. The minimum absolute atomic E-state index is 0.191. The van der Waals surface area contributed by atoms with Gasteiger partial charge in [0.2, 0.25) is 5.91 Å². The van der Waals surface area contributed by atoms with Crippen molar-refractivity contribution in [2.24, 2.45) is 0 Å². The van der Waals surface area contributed by atoms with Crippen LogP contribution in [-0.2, 0) is 33.3 Å². The zero-order valence-electron chi connectivity index (χ0n) is 17.4. The number of carbonyl (C=O) groups is 2. The molecule has 1 amide bonds. The molecule has 3 aromatic carbocycles. The number of nitrogens with one attached hydrogen (secondary N) is 1. The van der Waals surface area contributed by atoms with Gasteiger partial charge in [0.15, 0.2) is 0 Å². The second kappa shape index (κ2) is 10.1. The van der Waals surface area contributed by atoms with Crippen LogP contribution in [0.25, 0.3) is 11.1 Å². The van der Waals surface area contributed by atoms with Crippen LogP contribution in [0.4, 0.5) is 13.2 Å². The van der Waals surface area contributed by atoms with Crippen molar-refractivity contribution in [2.75, 3.05) is 7.11 Å². The van der Waals surface area contributed by atoms with Crippen LogP contribution in [0.15, 0.2) is 78.9 Å². The number of halogens is 3. The zero-order chi connectivity index (χ0) is 23.1. The second-order valence-electron chi connectivity index (χ2n) is 7.29. The SMILES string of the molecule is COC(=O)[C@H](Cc1ccc(-c2ccccc2)cc1)NC(=O)Cc1cccc(C(F)(F)F)c1. The first-order chi connectivity index (χ1) is 15.3. The van der Waals surface area contributed by atoms with Gasteiger partial charge in [-0.25, -0.2) is 4.79 Å². The summed E-state index contributed by atoms with van der Waals surface area (Å²) in [5.74, 6) is -1.20. The molecule has 0 aromatic heterocycles. The predicted octanol–water partition coefficient (Wildman–Crippen LogP) is 4.82. The molecule has 4 nitrogen and oxygen atoms in total. The van der Waals surface area contributed by atoms with Crippen molar-refractivity contribution in [1.29, 1.82) is 0 Å². The first-order valence-corrected chi connectivity index (χ1v) is 9.94. The van der Waals surface area contributed by atoms with Crippen molar-refractivity contribution >= 4 is 11.9 Å². The minimum Gasteiger partial charge on any atom is -0.467 e. The monoisotopic (exact) mass is 441 g/mol. The van der Waals surface area contributed by atoms with Crippen LogP contribution in [0.5, 0.6) is 0 Å². The molecule has 3 rings (SSSR count). The van der Waals surface area contributed by atoms with Crippen LogP contribution in [0.2, 0.25) is 0 Å². The van der Waals surface area contributed by atoms with Gasteiger partial charge >= 0.3 is 12.1 Å². The third-order valence-electron chi connectivity index (χ3n) is 4.94. The molecule has 0 saturated heterocycles. The Labute approximate surface area is 184 Å². The molecule has 0 aliphatic heterocycles. The number of alkyl halides is 3. The lowest BCUT2D eigenvalue weighted by Gasteiger charge is -2.17. The fourth-order valence-corrected chi connectivity index (χ4v) is 3.32. The molecule has 0 aliphatic rings. The Morgan fingerprint density at radius 1 is 0.875 bits per heavy atom. The van der Waals surface area contributed by atoms with E-state index in [4.69, 9.17) is 4.74 Å². The molecule has 0 radical (unpaired) electrons.